The van der Waals surface area contributed by atoms with Crippen LogP contribution in [0.15, 0.2) is 0 Å². The van der Waals surface area contributed by atoms with Crippen molar-refractivity contribution in [3.05, 3.63) is 0 Å². The quantitative estimate of drug-likeness (QED) is 0.395. The van der Waals surface area contributed by atoms with Gasteiger partial charge in [-0.15, -0.1) is 0 Å². The minimum absolute atomic E-state index is 0.230. The predicted molar refractivity (Wildman–Crippen MR) is 70.8 cm³/mol. The third-order valence-electron chi connectivity index (χ3n) is 6.70. The van der Waals surface area contributed by atoms with Crippen molar-refractivity contribution in [1.29, 1.82) is 0 Å². The van der Waals surface area contributed by atoms with E-state index in [-0.39, 0.29) is 13.0 Å². The van der Waals surface area contributed by atoms with Gasteiger partial charge in [-0.25, -0.2) is 0 Å². The molecule has 1 spiro atoms. The monoisotopic (exact) mass is 312 g/mol. The Morgan fingerprint density at radius 2 is 1.95 bits per heavy atom. The first-order valence-electron chi connectivity index (χ1n) is 7.63. The van der Waals surface area contributed by atoms with Gasteiger partial charge in [-0.05, 0) is 6.42 Å². The summed E-state index contributed by atoms with van der Waals surface area (Å²) in [6.45, 7) is 2.89. The Labute approximate surface area is 127 Å². The van der Waals surface area contributed by atoms with E-state index in [1.807, 2.05) is 0 Å². The number of aliphatic hydroxyl groups is 3. The third kappa shape index (κ3) is 1.18. The zero-order valence-corrected chi connectivity index (χ0v) is 12.5. The summed E-state index contributed by atoms with van der Waals surface area (Å²) < 4.78 is 11.5. The molecule has 8 unspecified atom stereocenters. The Hall–Kier alpha value is -0.860. The Balaban J connectivity index is 1.95. The minimum atomic E-state index is -1.57. The zero-order chi connectivity index (χ0) is 16.1. The lowest BCUT2D eigenvalue weighted by Gasteiger charge is -2.57. The summed E-state index contributed by atoms with van der Waals surface area (Å²) in [7, 11) is 0. The number of epoxide rings is 1. The molecule has 8 atom stereocenters. The van der Waals surface area contributed by atoms with Crippen molar-refractivity contribution < 1.29 is 34.4 Å². The highest BCUT2D eigenvalue weighted by Crippen LogP contribution is 2.70. The molecule has 0 aromatic carbocycles. The van der Waals surface area contributed by atoms with Gasteiger partial charge in [-0.2, -0.15) is 0 Å². The maximum atomic E-state index is 12.8. The molecule has 22 heavy (non-hydrogen) atoms. The van der Waals surface area contributed by atoms with E-state index in [1.54, 1.807) is 13.8 Å². The van der Waals surface area contributed by atoms with E-state index < -0.39 is 64.9 Å². The summed E-state index contributed by atoms with van der Waals surface area (Å²) in [5.41, 5.74) is -3.84. The molecule has 4 aliphatic rings. The Kier molecular flexibility index (Phi) is 2.65. The van der Waals surface area contributed by atoms with Gasteiger partial charge < -0.3 is 24.8 Å². The highest BCUT2D eigenvalue weighted by Gasteiger charge is 2.87. The molecule has 2 aliphatic carbocycles. The molecular formula is C15H20O7. The molecule has 4 fully saturated rings. The topological polar surface area (TPSA) is 117 Å². The standard InChI is InChI=1S/C15H20O7/c1-6-3-7-14(4-16,11(20)8(6)17)13(2)10(19)9(18)12(22-7)15(13)5-21-15/h6-7,9-10,12,16,18-19H,3-5H2,1-2H3. The molecule has 4 rings (SSSR count). The molecular weight excluding hydrogens is 292 g/mol. The summed E-state index contributed by atoms with van der Waals surface area (Å²) in [5.74, 6) is -1.77. The van der Waals surface area contributed by atoms with Crippen molar-refractivity contribution >= 4 is 11.6 Å². The van der Waals surface area contributed by atoms with Gasteiger partial charge in [0.25, 0.3) is 0 Å². The Morgan fingerprint density at radius 3 is 2.50 bits per heavy atom. The molecule has 3 N–H and O–H groups in total. The lowest BCUT2D eigenvalue weighted by atomic mass is 9.49. The zero-order valence-electron chi connectivity index (χ0n) is 12.5. The smallest absolute Gasteiger partial charge is 0.210 e. The maximum Gasteiger partial charge on any atom is 0.210 e. The van der Waals surface area contributed by atoms with E-state index >= 15 is 0 Å². The Bertz CT molecular complexity index is 570. The highest BCUT2D eigenvalue weighted by molar-refractivity contribution is 6.41. The lowest BCUT2D eigenvalue weighted by molar-refractivity contribution is -0.238. The van der Waals surface area contributed by atoms with Crippen molar-refractivity contribution in [2.75, 3.05) is 13.2 Å². The van der Waals surface area contributed by atoms with Crippen LogP contribution in [0.4, 0.5) is 0 Å². The number of carbonyl (C=O) groups is 2. The van der Waals surface area contributed by atoms with Crippen LogP contribution in [0.2, 0.25) is 0 Å². The number of hydrogen-bond acceptors (Lipinski definition) is 7. The Morgan fingerprint density at radius 1 is 1.32 bits per heavy atom. The van der Waals surface area contributed by atoms with Crippen molar-refractivity contribution in [2.45, 2.75) is 50.3 Å². The molecule has 0 radical (unpaired) electrons. The van der Waals surface area contributed by atoms with Crippen LogP contribution < -0.4 is 0 Å². The van der Waals surface area contributed by atoms with Crippen LogP contribution in [0.1, 0.15) is 20.3 Å². The second kappa shape index (κ2) is 3.96. The molecule has 122 valence electrons. The second-order valence-corrected chi connectivity index (χ2v) is 7.32. The molecule has 2 bridgehead atoms. The summed E-state index contributed by atoms with van der Waals surface area (Å²) in [6.07, 6.45) is -3.69. The first-order chi connectivity index (χ1) is 10.3. The first kappa shape index (κ1) is 14.7. The van der Waals surface area contributed by atoms with E-state index in [0.717, 1.165) is 0 Å². The van der Waals surface area contributed by atoms with E-state index in [9.17, 15) is 24.9 Å². The number of ketones is 2. The average Bonchev–Trinajstić information content (AvgIpc) is 3.27. The lowest BCUT2D eigenvalue weighted by Crippen LogP contribution is -2.72. The number of aliphatic hydroxyl groups excluding tert-OH is 3. The number of Topliss-reactive ketones (excluding diaryl/α,β-unsaturated/α-hetero) is 2. The largest absolute Gasteiger partial charge is 0.395 e. The van der Waals surface area contributed by atoms with Gasteiger partial charge in [0.05, 0.1) is 30.8 Å². The van der Waals surface area contributed by atoms with Crippen molar-refractivity contribution in [3.8, 4) is 0 Å². The molecule has 2 aliphatic heterocycles. The van der Waals surface area contributed by atoms with Crippen molar-refractivity contribution in [1.82, 2.24) is 0 Å². The number of ether oxygens (including phenoxy) is 2. The summed E-state index contributed by atoms with van der Waals surface area (Å²) >= 11 is 0. The van der Waals surface area contributed by atoms with E-state index in [4.69, 9.17) is 9.47 Å². The second-order valence-electron chi connectivity index (χ2n) is 7.32. The van der Waals surface area contributed by atoms with Crippen LogP contribution in [0.3, 0.4) is 0 Å². The minimum Gasteiger partial charge on any atom is -0.395 e. The van der Waals surface area contributed by atoms with Crippen LogP contribution >= 0.6 is 0 Å². The molecule has 0 aromatic rings. The average molecular weight is 312 g/mol. The van der Waals surface area contributed by atoms with Crippen molar-refractivity contribution in [3.63, 3.8) is 0 Å². The SMILES string of the molecule is CC1CC2OC3C(O)C(O)C(C)(C34CO4)C2(CO)C(=O)C1=O. The molecule has 7 heteroatoms. The van der Waals surface area contributed by atoms with Gasteiger partial charge in [0.2, 0.25) is 11.6 Å². The van der Waals surface area contributed by atoms with Crippen LogP contribution in [0, 0.1) is 16.7 Å². The van der Waals surface area contributed by atoms with E-state index in [1.165, 1.54) is 0 Å². The van der Waals surface area contributed by atoms with Crippen molar-refractivity contribution in [2.24, 2.45) is 16.7 Å². The van der Waals surface area contributed by atoms with Gasteiger partial charge >= 0.3 is 0 Å². The number of rotatable bonds is 1. The fraction of sp³-hybridized carbons (Fsp3) is 0.867. The van der Waals surface area contributed by atoms with Gasteiger partial charge in [-0.3, -0.25) is 9.59 Å². The molecule has 7 nitrogen and oxygen atoms in total. The fourth-order valence-electron chi connectivity index (χ4n) is 5.18. The van der Waals surface area contributed by atoms with E-state index in [2.05, 4.69) is 0 Å². The summed E-state index contributed by atoms with van der Waals surface area (Å²) in [6, 6.07) is 0. The van der Waals surface area contributed by atoms with Crippen LogP contribution in [0.25, 0.3) is 0 Å². The van der Waals surface area contributed by atoms with E-state index in [0.29, 0.717) is 0 Å². The number of fused-ring (bicyclic) bond motifs is 2. The first-order valence-corrected chi connectivity index (χ1v) is 7.63. The molecule has 2 heterocycles. The van der Waals surface area contributed by atoms with Gasteiger partial charge in [-0.1, -0.05) is 13.8 Å². The predicted octanol–water partition coefficient (Wildman–Crippen LogP) is -1.58. The molecule has 2 saturated heterocycles. The van der Waals surface area contributed by atoms with Crippen LogP contribution in [0.5, 0.6) is 0 Å². The van der Waals surface area contributed by atoms with Crippen LogP contribution in [-0.2, 0) is 19.1 Å². The van der Waals surface area contributed by atoms with Gasteiger partial charge in [0.15, 0.2) is 0 Å². The number of hydrogen-bond donors (Lipinski definition) is 3. The fourth-order valence-corrected chi connectivity index (χ4v) is 5.18. The molecule has 0 amide bonds. The summed E-state index contributed by atoms with van der Waals surface area (Å²) in [5, 5.41) is 31.1. The van der Waals surface area contributed by atoms with Crippen LogP contribution in [-0.4, -0.2) is 70.1 Å². The summed E-state index contributed by atoms with van der Waals surface area (Å²) in [4.78, 5) is 25.1. The maximum absolute atomic E-state index is 12.8. The number of carbonyl (C=O) groups excluding carboxylic acids is 2. The normalized spacial score (nSPS) is 59.8. The van der Waals surface area contributed by atoms with Gasteiger partial charge in [0, 0.05) is 11.3 Å². The molecule has 2 saturated carbocycles. The third-order valence-corrected chi connectivity index (χ3v) is 6.70. The van der Waals surface area contributed by atoms with Gasteiger partial charge in [0.1, 0.15) is 17.8 Å². The highest BCUT2D eigenvalue weighted by atomic mass is 16.6. The molecule has 0 aromatic heterocycles.